The van der Waals surface area contributed by atoms with Crippen molar-refractivity contribution in [2.75, 3.05) is 6.61 Å². The first kappa shape index (κ1) is 9.70. The molecule has 0 atom stereocenters. The average Bonchev–Trinajstić information content (AvgIpc) is 1.41. The molecule has 2 heteroatoms. The molecule has 0 saturated heterocycles. The molecule has 0 aliphatic heterocycles. The zero-order chi connectivity index (χ0) is 4.12. The molecule has 0 aromatic heterocycles. The predicted molar refractivity (Wildman–Crippen MR) is 21.7 cm³/mol. The summed E-state index contributed by atoms with van der Waals surface area (Å²) in [5, 5.41) is 8.03. The van der Waals surface area contributed by atoms with Crippen LogP contribution in [0.2, 0.25) is 0 Å². The van der Waals surface area contributed by atoms with Gasteiger partial charge in [-0.3, -0.25) is 0 Å². The molecule has 0 radical (unpaired) electrons. The van der Waals surface area contributed by atoms with E-state index in [1.165, 1.54) is 0 Å². The van der Waals surface area contributed by atoms with Crippen molar-refractivity contribution in [3.63, 3.8) is 0 Å². The molecule has 1 nitrogen and oxygen atoms in total. The molecule has 0 saturated carbocycles. The maximum absolute atomic E-state index is 8.03. The molecular formula is C4H9FeO-. The van der Waals surface area contributed by atoms with Crippen LogP contribution in [0.5, 0.6) is 0 Å². The minimum atomic E-state index is 0. The van der Waals surface area contributed by atoms with Gasteiger partial charge in [-0.15, -0.1) is 0 Å². The van der Waals surface area contributed by atoms with Crippen molar-refractivity contribution >= 4 is 0 Å². The quantitative estimate of drug-likeness (QED) is 0.427. The van der Waals surface area contributed by atoms with Crippen molar-refractivity contribution in [1.29, 1.82) is 0 Å². The molecule has 0 unspecified atom stereocenters. The van der Waals surface area contributed by atoms with E-state index in [-0.39, 0.29) is 23.7 Å². The number of hydrogen-bond acceptors (Lipinski definition) is 1. The van der Waals surface area contributed by atoms with Crippen LogP contribution >= 0.6 is 0 Å². The zero-order valence-corrected chi connectivity index (χ0v) is 4.73. The van der Waals surface area contributed by atoms with Crippen LogP contribution < -0.4 is 0 Å². The summed E-state index contributed by atoms with van der Waals surface area (Å²) in [6.07, 6.45) is 1.68. The minimum Gasteiger partial charge on any atom is -0.396 e. The Balaban J connectivity index is 0. The van der Waals surface area contributed by atoms with Crippen LogP contribution in [0.3, 0.4) is 0 Å². The van der Waals surface area contributed by atoms with E-state index in [1.54, 1.807) is 0 Å². The van der Waals surface area contributed by atoms with Crippen molar-refractivity contribution < 1.29 is 22.2 Å². The molecule has 0 aliphatic carbocycles. The Labute approximate surface area is 49.2 Å². The van der Waals surface area contributed by atoms with E-state index in [1.807, 2.05) is 0 Å². The Bertz CT molecular complexity index is 15.0. The normalized spacial score (nSPS) is 7.00. The van der Waals surface area contributed by atoms with E-state index in [0.29, 0.717) is 0 Å². The first-order valence-electron chi connectivity index (χ1n) is 1.82. The van der Waals surface area contributed by atoms with Crippen molar-refractivity contribution in [3.8, 4) is 0 Å². The van der Waals surface area contributed by atoms with E-state index >= 15 is 0 Å². The second-order valence-electron chi connectivity index (χ2n) is 0.931. The number of rotatable bonds is 2. The Kier molecular flexibility index (Phi) is 14.7. The van der Waals surface area contributed by atoms with Crippen LogP contribution in [0.4, 0.5) is 0 Å². The second-order valence-corrected chi connectivity index (χ2v) is 0.931. The SMILES string of the molecule is [CH2-]CCCO.[Fe]. The van der Waals surface area contributed by atoms with Gasteiger partial charge in [0.1, 0.15) is 0 Å². The van der Waals surface area contributed by atoms with Crippen LogP contribution in [-0.2, 0) is 17.1 Å². The van der Waals surface area contributed by atoms with Gasteiger partial charge in [0.25, 0.3) is 0 Å². The van der Waals surface area contributed by atoms with Crippen molar-refractivity contribution in [2.24, 2.45) is 0 Å². The van der Waals surface area contributed by atoms with Crippen molar-refractivity contribution in [3.05, 3.63) is 6.92 Å². The van der Waals surface area contributed by atoms with Gasteiger partial charge in [0.2, 0.25) is 0 Å². The van der Waals surface area contributed by atoms with Gasteiger partial charge in [-0.2, -0.15) is 6.42 Å². The number of unbranched alkanes of at least 4 members (excludes halogenated alkanes) is 1. The summed E-state index contributed by atoms with van der Waals surface area (Å²) in [5.74, 6) is 0. The third-order valence-electron chi connectivity index (χ3n) is 0.408. The average molecular weight is 129 g/mol. The number of aliphatic hydroxyl groups is 1. The van der Waals surface area contributed by atoms with Gasteiger partial charge in [-0.1, -0.05) is 6.42 Å². The monoisotopic (exact) mass is 129 g/mol. The van der Waals surface area contributed by atoms with Gasteiger partial charge in [-0.25, -0.2) is 0 Å². The first-order valence-corrected chi connectivity index (χ1v) is 1.82. The molecule has 6 heavy (non-hydrogen) atoms. The molecule has 0 spiro atoms. The standard InChI is InChI=1S/C4H9O.Fe/c1-2-3-4-5;/h5H,1-4H2;/q-1;. The maximum Gasteiger partial charge on any atom is 0.0406 e. The van der Waals surface area contributed by atoms with Gasteiger partial charge >= 0.3 is 0 Å². The summed E-state index contributed by atoms with van der Waals surface area (Å²) in [5.41, 5.74) is 0. The summed E-state index contributed by atoms with van der Waals surface area (Å²) in [6, 6.07) is 0. The minimum absolute atomic E-state index is 0. The van der Waals surface area contributed by atoms with E-state index < -0.39 is 0 Å². The molecule has 1 N–H and O–H groups in total. The third-order valence-corrected chi connectivity index (χ3v) is 0.408. The molecule has 0 aromatic rings. The fourth-order valence-corrected chi connectivity index (χ4v) is 0.112. The number of aliphatic hydroxyl groups excluding tert-OH is 1. The third kappa shape index (κ3) is 8.82. The summed E-state index contributed by atoms with van der Waals surface area (Å²) in [4.78, 5) is 0. The fraction of sp³-hybridized carbons (Fsp3) is 0.750. The molecule has 40 valence electrons. The van der Waals surface area contributed by atoms with Gasteiger partial charge in [0.05, 0.1) is 0 Å². The topological polar surface area (TPSA) is 20.2 Å². The second kappa shape index (κ2) is 9.08. The molecule has 0 aromatic carbocycles. The van der Waals surface area contributed by atoms with E-state index in [9.17, 15) is 0 Å². The van der Waals surface area contributed by atoms with Gasteiger partial charge in [0.15, 0.2) is 0 Å². The smallest absolute Gasteiger partial charge is 0.0406 e. The van der Waals surface area contributed by atoms with Crippen LogP contribution in [0.15, 0.2) is 0 Å². The summed E-state index contributed by atoms with van der Waals surface area (Å²) >= 11 is 0. The fourth-order valence-electron chi connectivity index (χ4n) is 0.112. The molecule has 0 amide bonds. The van der Waals surface area contributed by atoms with E-state index in [0.717, 1.165) is 12.8 Å². The summed E-state index contributed by atoms with van der Waals surface area (Å²) in [6.45, 7) is 3.80. The maximum atomic E-state index is 8.03. The van der Waals surface area contributed by atoms with Gasteiger partial charge in [-0.05, 0) is 0 Å². The summed E-state index contributed by atoms with van der Waals surface area (Å²) < 4.78 is 0. The Morgan fingerprint density at radius 1 is 1.50 bits per heavy atom. The zero-order valence-electron chi connectivity index (χ0n) is 3.63. The predicted octanol–water partition coefficient (Wildman–Crippen LogP) is 0.590. The van der Waals surface area contributed by atoms with E-state index in [2.05, 4.69) is 6.92 Å². The number of hydrogen-bond donors (Lipinski definition) is 1. The summed E-state index contributed by atoms with van der Waals surface area (Å²) in [7, 11) is 0. The van der Waals surface area contributed by atoms with Crippen LogP contribution in [0.25, 0.3) is 0 Å². The molecule has 0 rings (SSSR count). The van der Waals surface area contributed by atoms with E-state index in [4.69, 9.17) is 5.11 Å². The van der Waals surface area contributed by atoms with Crippen molar-refractivity contribution in [1.82, 2.24) is 0 Å². The van der Waals surface area contributed by atoms with Gasteiger partial charge in [0, 0.05) is 23.7 Å². The Hall–Kier alpha value is 0.479. The Morgan fingerprint density at radius 3 is 2.00 bits per heavy atom. The largest absolute Gasteiger partial charge is 0.396 e. The first-order chi connectivity index (χ1) is 2.41. The van der Waals surface area contributed by atoms with Crippen LogP contribution in [0, 0.1) is 6.92 Å². The molecule has 0 aliphatic rings. The molecular weight excluding hydrogens is 120 g/mol. The molecule has 0 fully saturated rings. The molecule has 0 bridgehead atoms. The molecule has 0 heterocycles. The van der Waals surface area contributed by atoms with Crippen molar-refractivity contribution in [2.45, 2.75) is 12.8 Å². The van der Waals surface area contributed by atoms with Gasteiger partial charge < -0.3 is 12.0 Å². The van der Waals surface area contributed by atoms with Crippen LogP contribution in [0.1, 0.15) is 12.8 Å². The Morgan fingerprint density at radius 2 is 2.00 bits per heavy atom. The van der Waals surface area contributed by atoms with Crippen LogP contribution in [-0.4, -0.2) is 11.7 Å².